The summed E-state index contributed by atoms with van der Waals surface area (Å²) < 4.78 is 0. The summed E-state index contributed by atoms with van der Waals surface area (Å²) in [5.74, 6) is 1.09. The predicted octanol–water partition coefficient (Wildman–Crippen LogP) is 1.11. The van der Waals surface area contributed by atoms with E-state index in [9.17, 15) is 4.79 Å². The highest BCUT2D eigenvalue weighted by atomic mass is 16.2. The van der Waals surface area contributed by atoms with Crippen LogP contribution in [0.3, 0.4) is 0 Å². The number of amides is 1. The SMILES string of the molecule is CCc1nc(C(=O)N2CCCCC2C2CCCN2)n[nH]1. The number of aromatic amines is 1. The van der Waals surface area contributed by atoms with Crippen LogP contribution >= 0.6 is 0 Å². The lowest BCUT2D eigenvalue weighted by atomic mass is 9.94. The Kier molecular flexibility index (Phi) is 4.00. The van der Waals surface area contributed by atoms with Crippen molar-refractivity contribution in [1.29, 1.82) is 0 Å². The standard InChI is InChI=1S/C14H23N5O/c1-2-12-16-13(18-17-12)14(20)19-9-4-3-7-11(19)10-6-5-8-15-10/h10-11,15H,2-9H2,1H3,(H,16,17,18). The second-order valence-electron chi connectivity index (χ2n) is 5.72. The zero-order valence-corrected chi connectivity index (χ0v) is 12.1. The van der Waals surface area contributed by atoms with Gasteiger partial charge < -0.3 is 10.2 Å². The predicted molar refractivity (Wildman–Crippen MR) is 75.5 cm³/mol. The molecule has 2 unspecified atom stereocenters. The Bertz CT molecular complexity index is 466. The van der Waals surface area contributed by atoms with Crippen LogP contribution in [-0.2, 0) is 6.42 Å². The fourth-order valence-corrected chi connectivity index (χ4v) is 3.35. The van der Waals surface area contributed by atoms with E-state index in [0.717, 1.165) is 38.2 Å². The number of aromatic nitrogens is 3. The van der Waals surface area contributed by atoms with Gasteiger partial charge in [0.2, 0.25) is 5.82 Å². The molecule has 2 aliphatic rings. The summed E-state index contributed by atoms with van der Waals surface area (Å²) in [6.07, 6.45) is 6.54. The van der Waals surface area contributed by atoms with E-state index in [1.165, 1.54) is 19.3 Å². The van der Waals surface area contributed by atoms with Gasteiger partial charge in [-0.2, -0.15) is 0 Å². The molecule has 6 nitrogen and oxygen atoms in total. The minimum absolute atomic E-state index is 0.0145. The van der Waals surface area contributed by atoms with Crippen molar-refractivity contribution >= 4 is 5.91 Å². The van der Waals surface area contributed by atoms with Crippen molar-refractivity contribution in [2.24, 2.45) is 0 Å². The molecular weight excluding hydrogens is 254 g/mol. The molecule has 1 aromatic rings. The first kappa shape index (κ1) is 13.5. The first-order valence-corrected chi connectivity index (χ1v) is 7.75. The van der Waals surface area contributed by atoms with Gasteiger partial charge >= 0.3 is 0 Å². The lowest BCUT2D eigenvalue weighted by Crippen LogP contribution is -2.52. The monoisotopic (exact) mass is 277 g/mol. The van der Waals surface area contributed by atoms with Gasteiger partial charge in [-0.05, 0) is 38.6 Å². The summed E-state index contributed by atoms with van der Waals surface area (Å²) in [6, 6.07) is 0.756. The number of carbonyl (C=O) groups is 1. The maximum atomic E-state index is 12.6. The van der Waals surface area contributed by atoms with Crippen LogP contribution in [0.15, 0.2) is 0 Å². The van der Waals surface area contributed by atoms with Gasteiger partial charge in [0.05, 0.1) is 0 Å². The molecule has 2 atom stereocenters. The molecule has 0 radical (unpaired) electrons. The van der Waals surface area contributed by atoms with Crippen molar-refractivity contribution in [3.8, 4) is 0 Å². The van der Waals surface area contributed by atoms with E-state index >= 15 is 0 Å². The fourth-order valence-electron chi connectivity index (χ4n) is 3.35. The largest absolute Gasteiger partial charge is 0.331 e. The molecule has 0 saturated carbocycles. The molecule has 6 heteroatoms. The smallest absolute Gasteiger partial charge is 0.293 e. The van der Waals surface area contributed by atoms with Gasteiger partial charge in [-0.15, -0.1) is 5.10 Å². The Labute approximate surface area is 119 Å². The van der Waals surface area contributed by atoms with Crippen LogP contribution in [0.1, 0.15) is 55.5 Å². The van der Waals surface area contributed by atoms with Gasteiger partial charge in [0.15, 0.2) is 0 Å². The Morgan fingerprint density at radius 2 is 2.25 bits per heavy atom. The lowest BCUT2D eigenvalue weighted by Gasteiger charge is -2.38. The third kappa shape index (κ3) is 2.57. The second kappa shape index (κ2) is 5.91. The zero-order chi connectivity index (χ0) is 13.9. The number of hydrogen-bond donors (Lipinski definition) is 2. The van der Waals surface area contributed by atoms with Gasteiger partial charge in [-0.1, -0.05) is 6.92 Å². The summed E-state index contributed by atoms with van der Waals surface area (Å²) in [7, 11) is 0. The van der Waals surface area contributed by atoms with Crippen LogP contribution in [0.5, 0.6) is 0 Å². The molecule has 2 aliphatic heterocycles. The molecule has 110 valence electrons. The van der Waals surface area contributed by atoms with Gasteiger partial charge in [0.25, 0.3) is 5.91 Å². The van der Waals surface area contributed by atoms with Crippen molar-refractivity contribution in [3.05, 3.63) is 11.6 Å². The van der Waals surface area contributed by atoms with Gasteiger partial charge in [0, 0.05) is 25.0 Å². The van der Waals surface area contributed by atoms with Crippen LogP contribution in [0, 0.1) is 0 Å². The van der Waals surface area contributed by atoms with E-state index in [2.05, 4.69) is 20.5 Å². The molecule has 0 aliphatic carbocycles. The van der Waals surface area contributed by atoms with E-state index in [-0.39, 0.29) is 5.91 Å². The van der Waals surface area contributed by atoms with Crippen LogP contribution in [0.4, 0.5) is 0 Å². The minimum atomic E-state index is -0.0145. The molecule has 20 heavy (non-hydrogen) atoms. The van der Waals surface area contributed by atoms with Crippen molar-refractivity contribution in [2.75, 3.05) is 13.1 Å². The van der Waals surface area contributed by atoms with Crippen LogP contribution < -0.4 is 5.32 Å². The number of nitrogens with zero attached hydrogens (tertiary/aromatic N) is 3. The number of H-pyrrole nitrogens is 1. The Balaban J connectivity index is 1.76. The van der Waals surface area contributed by atoms with Crippen LogP contribution in [-0.4, -0.2) is 51.2 Å². The second-order valence-corrected chi connectivity index (χ2v) is 5.72. The molecule has 1 aromatic heterocycles. The molecular formula is C14H23N5O. The summed E-state index contributed by atoms with van der Waals surface area (Å²) >= 11 is 0. The Morgan fingerprint density at radius 3 is 2.95 bits per heavy atom. The molecule has 0 aromatic carbocycles. The highest BCUT2D eigenvalue weighted by molar-refractivity contribution is 5.90. The van der Waals surface area contributed by atoms with E-state index < -0.39 is 0 Å². The van der Waals surface area contributed by atoms with Gasteiger partial charge in [0.1, 0.15) is 5.82 Å². The zero-order valence-electron chi connectivity index (χ0n) is 12.1. The van der Waals surface area contributed by atoms with E-state index in [1.807, 2.05) is 11.8 Å². The topological polar surface area (TPSA) is 73.9 Å². The van der Waals surface area contributed by atoms with E-state index in [0.29, 0.717) is 17.9 Å². The molecule has 2 N–H and O–H groups in total. The Morgan fingerprint density at radius 1 is 1.35 bits per heavy atom. The number of nitrogens with one attached hydrogen (secondary N) is 2. The molecule has 3 rings (SSSR count). The van der Waals surface area contributed by atoms with Crippen molar-refractivity contribution in [3.63, 3.8) is 0 Å². The minimum Gasteiger partial charge on any atom is -0.331 e. The average molecular weight is 277 g/mol. The summed E-state index contributed by atoms with van der Waals surface area (Å²) in [4.78, 5) is 18.9. The van der Waals surface area contributed by atoms with Crippen molar-refractivity contribution < 1.29 is 4.79 Å². The fraction of sp³-hybridized carbons (Fsp3) is 0.786. The maximum absolute atomic E-state index is 12.6. The highest BCUT2D eigenvalue weighted by Crippen LogP contribution is 2.25. The number of aryl methyl sites for hydroxylation is 1. The normalized spacial score (nSPS) is 26.9. The van der Waals surface area contributed by atoms with E-state index in [4.69, 9.17) is 0 Å². The lowest BCUT2D eigenvalue weighted by molar-refractivity contribution is 0.0551. The molecule has 3 heterocycles. The Hall–Kier alpha value is -1.43. The van der Waals surface area contributed by atoms with Crippen LogP contribution in [0.2, 0.25) is 0 Å². The van der Waals surface area contributed by atoms with Crippen molar-refractivity contribution in [2.45, 2.75) is 57.5 Å². The molecule has 0 spiro atoms. The van der Waals surface area contributed by atoms with Gasteiger partial charge in [-0.3, -0.25) is 9.89 Å². The molecule has 0 bridgehead atoms. The third-order valence-corrected chi connectivity index (χ3v) is 4.43. The van der Waals surface area contributed by atoms with Gasteiger partial charge in [-0.25, -0.2) is 4.98 Å². The third-order valence-electron chi connectivity index (χ3n) is 4.43. The number of rotatable bonds is 3. The van der Waals surface area contributed by atoms with Crippen LogP contribution in [0.25, 0.3) is 0 Å². The quantitative estimate of drug-likeness (QED) is 0.868. The molecule has 2 fully saturated rings. The average Bonchev–Trinajstić information content (AvgIpc) is 3.17. The number of hydrogen-bond acceptors (Lipinski definition) is 4. The maximum Gasteiger partial charge on any atom is 0.293 e. The summed E-state index contributed by atoms with van der Waals surface area (Å²) in [5, 5.41) is 10.4. The number of carbonyl (C=O) groups excluding carboxylic acids is 1. The highest BCUT2D eigenvalue weighted by Gasteiger charge is 2.35. The number of piperidine rings is 1. The molecule has 1 amide bonds. The summed E-state index contributed by atoms with van der Waals surface area (Å²) in [6.45, 7) is 3.91. The van der Waals surface area contributed by atoms with E-state index in [1.54, 1.807) is 0 Å². The number of likely N-dealkylation sites (tertiary alicyclic amines) is 1. The molecule has 2 saturated heterocycles. The summed E-state index contributed by atoms with van der Waals surface area (Å²) in [5.41, 5.74) is 0. The first-order chi connectivity index (χ1) is 9.79. The first-order valence-electron chi connectivity index (χ1n) is 7.75. The van der Waals surface area contributed by atoms with Crippen molar-refractivity contribution in [1.82, 2.24) is 25.4 Å².